The van der Waals surface area contributed by atoms with Gasteiger partial charge in [0.25, 0.3) is 0 Å². The molecular weight excluding hydrogens is 598 g/mol. The summed E-state index contributed by atoms with van der Waals surface area (Å²) >= 11 is 0. The van der Waals surface area contributed by atoms with Gasteiger partial charge in [-0.15, -0.1) is 0 Å². The summed E-state index contributed by atoms with van der Waals surface area (Å²) in [6.45, 7) is 10.8. The number of ether oxygens (including phenoxy) is 1. The zero-order valence-corrected chi connectivity index (χ0v) is 28.0. The third-order valence-electron chi connectivity index (χ3n) is 8.35. The summed E-state index contributed by atoms with van der Waals surface area (Å²) in [6, 6.07) is 8.15. The molecule has 15 nitrogen and oxygen atoms in total. The molecule has 2 aromatic heterocycles. The van der Waals surface area contributed by atoms with E-state index in [1.807, 2.05) is 18.2 Å². The van der Waals surface area contributed by atoms with Crippen molar-refractivity contribution in [3.8, 4) is 0 Å². The Morgan fingerprint density at radius 3 is 2.42 bits per heavy atom. The minimum atomic E-state index is -2.44. The third-order valence-corrected chi connectivity index (χ3v) is 12.8. The quantitative estimate of drug-likeness (QED) is 0.190. The average molecular weight is 642 g/mol. The summed E-state index contributed by atoms with van der Waals surface area (Å²) in [7, 11) is 2.04. The number of benzene rings is 1. The molecule has 1 unspecified atom stereocenters. The van der Waals surface area contributed by atoms with Crippen LogP contribution >= 0.6 is 0 Å². The number of carbonyl (C=O) groups is 3. The van der Waals surface area contributed by atoms with Crippen LogP contribution in [0.1, 0.15) is 33.4 Å². The second-order valence-electron chi connectivity index (χ2n) is 12.3. The fourth-order valence-corrected chi connectivity index (χ4v) is 6.07. The SMILES string of the molecule is CNC(=O)NC[C@H]1O[C@@H](n2cnc3c(NC(=O)Nc4ccccc4)ncnc32)C(O[Si](C)(C)C(C)(C)C)[C@H]1CC(=O)N(C)OC. The molecule has 1 saturated heterocycles. The second kappa shape index (κ2) is 13.9. The van der Waals surface area contributed by atoms with Crippen LogP contribution in [0.3, 0.4) is 0 Å². The molecule has 0 aliphatic carbocycles. The van der Waals surface area contributed by atoms with E-state index in [9.17, 15) is 14.4 Å². The summed E-state index contributed by atoms with van der Waals surface area (Å²) in [6.07, 6.45) is 0.921. The van der Waals surface area contributed by atoms with E-state index in [0.717, 1.165) is 5.06 Å². The fraction of sp³-hybridized carbons (Fsp3) is 0.517. The van der Waals surface area contributed by atoms with Gasteiger partial charge in [0.2, 0.25) is 5.91 Å². The lowest BCUT2D eigenvalue weighted by molar-refractivity contribution is -0.170. The van der Waals surface area contributed by atoms with Crippen molar-refractivity contribution in [2.75, 3.05) is 38.4 Å². The number of nitrogens with one attached hydrogen (secondary N) is 4. The van der Waals surface area contributed by atoms with Gasteiger partial charge in [-0.1, -0.05) is 39.0 Å². The summed E-state index contributed by atoms with van der Waals surface area (Å²) in [5, 5.41) is 11.9. The van der Waals surface area contributed by atoms with Crippen LogP contribution in [-0.2, 0) is 18.8 Å². The Labute approximate surface area is 263 Å². The van der Waals surface area contributed by atoms with Gasteiger partial charge in [-0.3, -0.25) is 19.5 Å². The molecule has 244 valence electrons. The molecule has 0 spiro atoms. The molecule has 4 atom stereocenters. The Balaban J connectivity index is 1.72. The molecule has 0 saturated carbocycles. The highest BCUT2D eigenvalue weighted by Crippen LogP contribution is 2.45. The summed E-state index contributed by atoms with van der Waals surface area (Å²) in [4.78, 5) is 56.5. The maximum Gasteiger partial charge on any atom is 0.324 e. The number of fused-ring (bicyclic) bond motifs is 1. The maximum atomic E-state index is 13.2. The number of rotatable bonds is 10. The summed E-state index contributed by atoms with van der Waals surface area (Å²) in [5.41, 5.74) is 1.36. The van der Waals surface area contributed by atoms with Crippen LogP contribution < -0.4 is 21.3 Å². The maximum absolute atomic E-state index is 13.2. The van der Waals surface area contributed by atoms with Gasteiger partial charge in [0.15, 0.2) is 31.5 Å². The number of amides is 5. The molecule has 0 radical (unpaired) electrons. The van der Waals surface area contributed by atoms with Gasteiger partial charge in [-0.2, -0.15) is 0 Å². The molecule has 3 heterocycles. The van der Waals surface area contributed by atoms with E-state index < -0.39 is 38.7 Å². The first-order valence-electron chi connectivity index (χ1n) is 14.7. The van der Waals surface area contributed by atoms with Gasteiger partial charge in [-0.05, 0) is 30.3 Å². The number of hydroxylamine groups is 2. The smallest absolute Gasteiger partial charge is 0.324 e. The topological polar surface area (TPSA) is 174 Å². The van der Waals surface area contributed by atoms with E-state index >= 15 is 0 Å². The molecule has 16 heteroatoms. The molecule has 1 aliphatic heterocycles. The largest absolute Gasteiger partial charge is 0.409 e. The Morgan fingerprint density at radius 1 is 1.07 bits per heavy atom. The number of anilines is 2. The fourth-order valence-electron chi connectivity index (χ4n) is 4.75. The molecule has 4 N–H and O–H groups in total. The zero-order chi connectivity index (χ0) is 32.9. The lowest BCUT2D eigenvalue weighted by Crippen LogP contribution is -2.48. The lowest BCUT2D eigenvalue weighted by atomic mass is 9.93. The molecule has 1 aliphatic rings. The number of imidazole rings is 1. The number of para-hydroxylation sites is 1. The first-order valence-corrected chi connectivity index (χ1v) is 17.6. The van der Waals surface area contributed by atoms with Gasteiger partial charge in [0.1, 0.15) is 6.33 Å². The van der Waals surface area contributed by atoms with E-state index in [0.29, 0.717) is 16.9 Å². The predicted octanol–water partition coefficient (Wildman–Crippen LogP) is 3.71. The van der Waals surface area contributed by atoms with Gasteiger partial charge in [-0.25, -0.2) is 29.6 Å². The van der Waals surface area contributed by atoms with Gasteiger partial charge >= 0.3 is 12.1 Å². The number of carbonyl (C=O) groups excluding carboxylic acids is 3. The minimum absolute atomic E-state index is 0.0360. The van der Waals surface area contributed by atoms with Crippen molar-refractivity contribution in [2.45, 2.75) is 63.8 Å². The van der Waals surface area contributed by atoms with Gasteiger partial charge in [0.05, 0.1) is 25.6 Å². The first kappa shape index (κ1) is 33.8. The second-order valence-corrected chi connectivity index (χ2v) is 17.1. The highest BCUT2D eigenvalue weighted by molar-refractivity contribution is 6.74. The van der Waals surface area contributed by atoms with Crippen LogP contribution in [-0.4, -0.2) is 90.8 Å². The van der Waals surface area contributed by atoms with E-state index in [4.69, 9.17) is 14.0 Å². The molecule has 0 bridgehead atoms. The number of urea groups is 2. The number of hydrogen-bond acceptors (Lipinski definition) is 9. The van der Waals surface area contributed by atoms with E-state index in [-0.39, 0.29) is 35.8 Å². The van der Waals surface area contributed by atoms with Crippen molar-refractivity contribution in [3.63, 3.8) is 0 Å². The molecular formula is C29H43N9O6Si. The van der Waals surface area contributed by atoms with Crippen LogP contribution in [0.15, 0.2) is 43.0 Å². The average Bonchev–Trinajstić information content (AvgIpc) is 3.56. The Kier molecular flexibility index (Phi) is 10.4. The molecule has 1 fully saturated rings. The van der Waals surface area contributed by atoms with Crippen molar-refractivity contribution in [3.05, 3.63) is 43.0 Å². The molecule has 5 amide bonds. The van der Waals surface area contributed by atoms with Crippen molar-refractivity contribution >= 4 is 49.0 Å². The minimum Gasteiger partial charge on any atom is -0.409 e. The first-order chi connectivity index (χ1) is 21.3. The van der Waals surface area contributed by atoms with Gasteiger partial charge in [0, 0.05) is 38.7 Å². The normalized spacial score (nSPS) is 20.1. The van der Waals surface area contributed by atoms with Crippen LogP contribution in [0.5, 0.6) is 0 Å². The Morgan fingerprint density at radius 2 is 1.78 bits per heavy atom. The van der Waals surface area contributed by atoms with Crippen molar-refractivity contribution in [1.29, 1.82) is 0 Å². The van der Waals surface area contributed by atoms with Crippen molar-refractivity contribution in [1.82, 2.24) is 35.2 Å². The number of hydrogen-bond donors (Lipinski definition) is 4. The lowest BCUT2D eigenvalue weighted by Gasteiger charge is -2.41. The van der Waals surface area contributed by atoms with Crippen LogP contribution in [0, 0.1) is 5.92 Å². The Hall–Kier alpha value is -4.12. The van der Waals surface area contributed by atoms with Crippen LogP contribution in [0.2, 0.25) is 18.1 Å². The molecule has 3 aromatic rings. The number of nitrogens with zero attached hydrogens (tertiary/aromatic N) is 5. The van der Waals surface area contributed by atoms with E-state index in [2.05, 4.69) is 70.1 Å². The van der Waals surface area contributed by atoms with Gasteiger partial charge < -0.3 is 25.1 Å². The zero-order valence-electron chi connectivity index (χ0n) is 27.0. The monoisotopic (exact) mass is 641 g/mol. The highest BCUT2D eigenvalue weighted by Gasteiger charge is 2.52. The van der Waals surface area contributed by atoms with E-state index in [1.165, 1.54) is 20.5 Å². The van der Waals surface area contributed by atoms with Crippen molar-refractivity contribution in [2.24, 2.45) is 5.92 Å². The number of aromatic nitrogens is 4. The van der Waals surface area contributed by atoms with Crippen LogP contribution in [0.25, 0.3) is 11.2 Å². The standard InChI is InChI=1S/C29H43N9O6Si/c1-29(2,3)45(7,8)44-23-19(14-21(39)37(5)42-6)20(15-31-27(40)30-4)43-26(23)38-17-34-22-24(32-16-33-25(22)38)36-28(41)35-18-12-10-9-11-13-18/h9-13,16-17,19-20,23,26H,14-15H2,1-8H3,(H2,30,31,40)(H2,32,33,35,36,41)/t19-,20+,23?,26+/m0/s1. The van der Waals surface area contributed by atoms with Crippen LogP contribution in [0.4, 0.5) is 21.1 Å². The van der Waals surface area contributed by atoms with Crippen molar-refractivity contribution < 1.29 is 28.4 Å². The molecule has 4 rings (SSSR count). The molecule has 1 aromatic carbocycles. The highest BCUT2D eigenvalue weighted by atomic mass is 28.4. The molecule has 45 heavy (non-hydrogen) atoms. The predicted molar refractivity (Wildman–Crippen MR) is 171 cm³/mol. The summed E-state index contributed by atoms with van der Waals surface area (Å²) < 4.78 is 15.3. The van der Waals surface area contributed by atoms with E-state index in [1.54, 1.807) is 30.1 Å². The Bertz CT molecular complexity index is 1500. The third kappa shape index (κ3) is 7.76. The summed E-state index contributed by atoms with van der Waals surface area (Å²) in [5.74, 6) is -0.535.